The van der Waals surface area contributed by atoms with E-state index in [1.54, 1.807) is 0 Å². The van der Waals surface area contributed by atoms with Crippen LogP contribution in [0.2, 0.25) is 0 Å². The number of nitriles is 1. The van der Waals surface area contributed by atoms with Crippen molar-refractivity contribution in [3.63, 3.8) is 0 Å². The van der Waals surface area contributed by atoms with Crippen molar-refractivity contribution in [2.75, 3.05) is 5.32 Å². The smallest absolute Gasteiger partial charge is 0.125 e. The van der Waals surface area contributed by atoms with Crippen LogP contribution >= 0.6 is 15.9 Å². The van der Waals surface area contributed by atoms with Crippen LogP contribution in [-0.4, -0.2) is 5.54 Å². The molecule has 1 aromatic rings. The van der Waals surface area contributed by atoms with Gasteiger partial charge in [-0.25, -0.2) is 0 Å². The Morgan fingerprint density at radius 1 is 1.59 bits per heavy atom. The molecule has 0 aliphatic heterocycles. The van der Waals surface area contributed by atoms with E-state index in [1.807, 2.05) is 24.3 Å². The first-order valence-electron chi connectivity index (χ1n) is 6.12. The zero-order valence-corrected chi connectivity index (χ0v) is 11.6. The molecule has 1 aliphatic rings. The lowest BCUT2D eigenvalue weighted by molar-refractivity contribution is 0.503. The third-order valence-electron chi connectivity index (χ3n) is 3.62. The molecule has 90 valence electrons. The van der Waals surface area contributed by atoms with Gasteiger partial charge in [0.25, 0.3) is 0 Å². The molecule has 2 nitrogen and oxygen atoms in total. The summed E-state index contributed by atoms with van der Waals surface area (Å²) in [5, 5.41) is 12.9. The predicted molar refractivity (Wildman–Crippen MR) is 73.7 cm³/mol. The van der Waals surface area contributed by atoms with Gasteiger partial charge in [-0.15, -0.1) is 0 Å². The maximum atomic E-state index is 9.44. The van der Waals surface area contributed by atoms with Crippen molar-refractivity contribution in [3.05, 3.63) is 28.7 Å². The minimum absolute atomic E-state index is 0.360. The van der Waals surface area contributed by atoms with Crippen molar-refractivity contribution in [1.29, 1.82) is 5.26 Å². The van der Waals surface area contributed by atoms with Crippen LogP contribution in [0.25, 0.3) is 0 Å². The third-order valence-corrected chi connectivity index (χ3v) is 4.11. The van der Waals surface area contributed by atoms with E-state index in [9.17, 15) is 5.26 Å². The van der Waals surface area contributed by atoms with Crippen LogP contribution in [-0.2, 0) is 0 Å². The second kappa shape index (κ2) is 5.10. The summed E-state index contributed by atoms with van der Waals surface area (Å²) >= 11 is 3.45. The summed E-state index contributed by atoms with van der Waals surface area (Å²) in [6, 6.07) is 10.5. The van der Waals surface area contributed by atoms with Gasteiger partial charge in [-0.2, -0.15) is 5.26 Å². The maximum absolute atomic E-state index is 9.44. The van der Waals surface area contributed by atoms with Crippen LogP contribution < -0.4 is 5.32 Å². The monoisotopic (exact) mass is 292 g/mol. The van der Waals surface area contributed by atoms with Crippen LogP contribution in [0.4, 0.5) is 5.69 Å². The number of benzene rings is 1. The van der Waals surface area contributed by atoms with E-state index < -0.39 is 0 Å². The quantitative estimate of drug-likeness (QED) is 0.900. The standard InChI is InChI=1S/C14H17BrN2/c1-2-11-6-7-14(9-11,10-16)17-13-5-3-4-12(15)8-13/h3-5,8,11,17H,2,6-7,9H2,1H3. The number of nitrogens with one attached hydrogen (secondary N) is 1. The Balaban J connectivity index is 2.14. The topological polar surface area (TPSA) is 35.8 Å². The Morgan fingerprint density at radius 2 is 2.41 bits per heavy atom. The second-order valence-electron chi connectivity index (χ2n) is 4.85. The molecular formula is C14H17BrN2. The van der Waals surface area contributed by atoms with Gasteiger partial charge in [-0.3, -0.25) is 0 Å². The number of hydrogen-bond acceptors (Lipinski definition) is 2. The normalized spacial score (nSPS) is 27.7. The van der Waals surface area contributed by atoms with Gasteiger partial charge in [0, 0.05) is 10.2 Å². The van der Waals surface area contributed by atoms with Gasteiger partial charge in [-0.05, 0) is 43.4 Å². The summed E-state index contributed by atoms with van der Waals surface area (Å²) in [5.41, 5.74) is 0.666. The number of halogens is 1. The van der Waals surface area contributed by atoms with E-state index in [-0.39, 0.29) is 5.54 Å². The van der Waals surface area contributed by atoms with E-state index in [2.05, 4.69) is 34.2 Å². The summed E-state index contributed by atoms with van der Waals surface area (Å²) in [6.07, 6.45) is 4.25. The van der Waals surface area contributed by atoms with Crippen molar-refractivity contribution in [2.24, 2.45) is 5.92 Å². The second-order valence-corrected chi connectivity index (χ2v) is 5.76. The molecule has 1 N–H and O–H groups in total. The molecular weight excluding hydrogens is 276 g/mol. The first-order valence-corrected chi connectivity index (χ1v) is 6.92. The Labute approximate surface area is 111 Å². The number of rotatable bonds is 3. The van der Waals surface area contributed by atoms with E-state index in [1.165, 1.54) is 6.42 Å². The van der Waals surface area contributed by atoms with Gasteiger partial charge >= 0.3 is 0 Å². The highest BCUT2D eigenvalue weighted by Crippen LogP contribution is 2.38. The van der Waals surface area contributed by atoms with Crippen molar-refractivity contribution in [1.82, 2.24) is 0 Å². The fourth-order valence-electron chi connectivity index (χ4n) is 2.58. The molecule has 0 saturated heterocycles. The van der Waals surface area contributed by atoms with Crippen molar-refractivity contribution < 1.29 is 0 Å². The molecule has 1 aliphatic carbocycles. The Kier molecular flexibility index (Phi) is 3.73. The van der Waals surface area contributed by atoms with Gasteiger partial charge in [0.15, 0.2) is 0 Å². The minimum atomic E-state index is -0.360. The van der Waals surface area contributed by atoms with Crippen molar-refractivity contribution in [2.45, 2.75) is 38.1 Å². The molecule has 2 atom stereocenters. The first-order chi connectivity index (χ1) is 8.17. The maximum Gasteiger partial charge on any atom is 0.125 e. The first kappa shape index (κ1) is 12.4. The lowest BCUT2D eigenvalue weighted by atomic mass is 9.96. The average molecular weight is 293 g/mol. The van der Waals surface area contributed by atoms with Gasteiger partial charge in [0.1, 0.15) is 5.54 Å². The summed E-state index contributed by atoms with van der Waals surface area (Å²) < 4.78 is 1.04. The molecule has 2 unspecified atom stereocenters. The zero-order valence-electron chi connectivity index (χ0n) is 10.0. The third kappa shape index (κ3) is 2.81. The molecule has 0 aromatic heterocycles. The molecule has 0 radical (unpaired) electrons. The Bertz CT molecular complexity index is 438. The molecule has 0 bridgehead atoms. The number of hydrogen-bond donors (Lipinski definition) is 1. The van der Waals surface area contributed by atoms with Crippen LogP contribution in [0.1, 0.15) is 32.6 Å². The van der Waals surface area contributed by atoms with Crippen LogP contribution in [0.15, 0.2) is 28.7 Å². The minimum Gasteiger partial charge on any atom is -0.367 e. The van der Waals surface area contributed by atoms with Crippen LogP contribution in [0.3, 0.4) is 0 Å². The predicted octanol–water partition coefficient (Wildman–Crippen LogP) is 4.33. The molecule has 1 aromatic carbocycles. The Hall–Kier alpha value is -1.01. The molecule has 2 rings (SSSR count). The molecule has 1 fully saturated rings. The highest BCUT2D eigenvalue weighted by molar-refractivity contribution is 9.10. The van der Waals surface area contributed by atoms with Crippen LogP contribution in [0.5, 0.6) is 0 Å². The van der Waals surface area contributed by atoms with Crippen molar-refractivity contribution in [3.8, 4) is 6.07 Å². The highest BCUT2D eigenvalue weighted by Gasteiger charge is 2.38. The van der Waals surface area contributed by atoms with Gasteiger partial charge in [-0.1, -0.05) is 35.3 Å². The molecule has 0 heterocycles. The van der Waals surface area contributed by atoms with E-state index >= 15 is 0 Å². The molecule has 3 heteroatoms. The Morgan fingerprint density at radius 3 is 3.00 bits per heavy atom. The fourth-order valence-corrected chi connectivity index (χ4v) is 2.98. The molecule has 1 saturated carbocycles. The summed E-state index contributed by atoms with van der Waals surface area (Å²) in [5.74, 6) is 0.689. The summed E-state index contributed by atoms with van der Waals surface area (Å²) in [7, 11) is 0. The molecule has 17 heavy (non-hydrogen) atoms. The zero-order chi connectivity index (χ0) is 12.3. The fraction of sp³-hybridized carbons (Fsp3) is 0.500. The number of nitrogens with zero attached hydrogens (tertiary/aromatic N) is 1. The average Bonchev–Trinajstić information content (AvgIpc) is 2.73. The largest absolute Gasteiger partial charge is 0.367 e. The number of anilines is 1. The van der Waals surface area contributed by atoms with Crippen molar-refractivity contribution >= 4 is 21.6 Å². The van der Waals surface area contributed by atoms with E-state index in [0.717, 1.165) is 29.4 Å². The SMILES string of the molecule is CCC1CCC(C#N)(Nc2cccc(Br)c2)C1. The summed E-state index contributed by atoms with van der Waals surface area (Å²) in [4.78, 5) is 0. The molecule has 0 spiro atoms. The van der Waals surface area contributed by atoms with Gasteiger partial charge in [0.05, 0.1) is 6.07 Å². The van der Waals surface area contributed by atoms with Gasteiger partial charge in [0.2, 0.25) is 0 Å². The van der Waals surface area contributed by atoms with Gasteiger partial charge < -0.3 is 5.32 Å². The van der Waals surface area contributed by atoms with E-state index in [0.29, 0.717) is 5.92 Å². The van der Waals surface area contributed by atoms with Crippen LogP contribution in [0, 0.1) is 17.2 Å². The highest BCUT2D eigenvalue weighted by atomic mass is 79.9. The molecule has 0 amide bonds. The summed E-state index contributed by atoms with van der Waals surface area (Å²) in [6.45, 7) is 2.21. The lowest BCUT2D eigenvalue weighted by Gasteiger charge is -2.24. The van der Waals surface area contributed by atoms with E-state index in [4.69, 9.17) is 0 Å². The lowest BCUT2D eigenvalue weighted by Crippen LogP contribution is -2.33.